The van der Waals surface area contributed by atoms with Crippen LogP contribution in [0.3, 0.4) is 0 Å². The molecule has 1 heterocycles. The molecule has 0 aromatic heterocycles. The Hall–Kier alpha value is 0.0700. The van der Waals surface area contributed by atoms with Crippen LogP contribution in [0, 0.1) is 0 Å². The molecule has 0 saturated carbocycles. The summed E-state index contributed by atoms with van der Waals surface area (Å²) in [6, 6.07) is 0.963. The summed E-state index contributed by atoms with van der Waals surface area (Å²) in [6.07, 6.45) is 5.04. The summed E-state index contributed by atoms with van der Waals surface area (Å²) < 4.78 is 11.0. The molecule has 4 heteroatoms. The van der Waals surface area contributed by atoms with Crippen molar-refractivity contribution in [2.75, 3.05) is 25.1 Å². The normalized spacial score (nSPS) is 24.8. The number of nitrogens with zero attached hydrogens (tertiary/aromatic N) is 1. The molecule has 0 radical (unpaired) electrons. The van der Waals surface area contributed by atoms with Crippen molar-refractivity contribution in [2.45, 2.75) is 38.3 Å². The smallest absolute Gasteiger partial charge is 0.0246 e. The number of likely N-dealkylation sites (tertiary alicyclic amines) is 1. The number of nitrogens with two attached hydrogens (primary N) is 1. The van der Waals surface area contributed by atoms with E-state index in [9.17, 15) is 4.21 Å². The van der Waals surface area contributed by atoms with Crippen LogP contribution in [0.15, 0.2) is 0 Å². The van der Waals surface area contributed by atoms with Crippen molar-refractivity contribution in [1.29, 1.82) is 0 Å². The summed E-state index contributed by atoms with van der Waals surface area (Å²) in [5.74, 6) is 0.823. The summed E-state index contributed by atoms with van der Waals surface area (Å²) in [6.45, 7) is 4.45. The molecule has 1 aliphatic heterocycles. The summed E-state index contributed by atoms with van der Waals surface area (Å²) in [4.78, 5) is 2.47. The van der Waals surface area contributed by atoms with E-state index in [1.54, 1.807) is 6.26 Å². The van der Waals surface area contributed by atoms with Crippen molar-refractivity contribution in [3.8, 4) is 0 Å². The first-order chi connectivity index (χ1) is 6.59. The van der Waals surface area contributed by atoms with Gasteiger partial charge in [-0.05, 0) is 39.3 Å². The zero-order valence-electron chi connectivity index (χ0n) is 9.24. The molecule has 14 heavy (non-hydrogen) atoms. The van der Waals surface area contributed by atoms with Gasteiger partial charge in [-0.15, -0.1) is 0 Å². The minimum absolute atomic E-state index is 0.402. The highest BCUT2D eigenvalue weighted by Crippen LogP contribution is 2.13. The second-order valence-corrected chi connectivity index (χ2v) is 5.84. The van der Waals surface area contributed by atoms with Crippen molar-refractivity contribution < 1.29 is 4.21 Å². The monoisotopic (exact) mass is 218 g/mol. The highest BCUT2D eigenvalue weighted by atomic mass is 32.2. The molecule has 0 aliphatic carbocycles. The van der Waals surface area contributed by atoms with Gasteiger partial charge in [0.25, 0.3) is 0 Å². The Kier molecular flexibility index (Phi) is 5.06. The predicted octanol–water partition coefficient (Wildman–Crippen LogP) is 0.567. The lowest BCUT2D eigenvalue weighted by molar-refractivity contribution is 0.160. The predicted molar refractivity (Wildman–Crippen MR) is 61.8 cm³/mol. The van der Waals surface area contributed by atoms with Crippen molar-refractivity contribution in [1.82, 2.24) is 4.90 Å². The van der Waals surface area contributed by atoms with E-state index in [4.69, 9.17) is 5.73 Å². The Balaban J connectivity index is 2.23. The quantitative estimate of drug-likeness (QED) is 0.750. The Labute approximate surface area is 89.5 Å². The number of hydrogen-bond acceptors (Lipinski definition) is 3. The summed E-state index contributed by atoms with van der Waals surface area (Å²) in [7, 11) is -0.649. The van der Waals surface area contributed by atoms with Crippen LogP contribution >= 0.6 is 0 Å². The topological polar surface area (TPSA) is 46.3 Å². The van der Waals surface area contributed by atoms with Crippen LogP contribution in [0.2, 0.25) is 0 Å². The zero-order chi connectivity index (χ0) is 10.6. The molecule has 0 bridgehead atoms. The molecule has 0 aromatic carbocycles. The number of hydrogen-bond donors (Lipinski definition) is 1. The van der Waals surface area contributed by atoms with Crippen molar-refractivity contribution in [3.63, 3.8) is 0 Å². The zero-order valence-corrected chi connectivity index (χ0v) is 10.1. The first-order valence-corrected chi connectivity index (χ1v) is 7.12. The minimum Gasteiger partial charge on any atom is -0.328 e. The standard InChI is InChI=1S/C10H22N2OS/c1-9(5-8-14(2)13)12-6-3-10(11)4-7-12/h9-10H,3-8,11H2,1-2H3. The molecule has 2 unspecified atom stereocenters. The number of rotatable bonds is 4. The van der Waals surface area contributed by atoms with Gasteiger partial charge in [-0.2, -0.15) is 0 Å². The largest absolute Gasteiger partial charge is 0.328 e. The lowest BCUT2D eigenvalue weighted by Gasteiger charge is -2.34. The Morgan fingerprint density at radius 2 is 2.07 bits per heavy atom. The molecule has 0 amide bonds. The van der Waals surface area contributed by atoms with Crippen molar-refractivity contribution in [2.24, 2.45) is 5.73 Å². The van der Waals surface area contributed by atoms with Gasteiger partial charge in [0.05, 0.1) is 0 Å². The molecule has 1 rings (SSSR count). The lowest BCUT2D eigenvalue weighted by Crippen LogP contribution is -2.44. The average Bonchev–Trinajstić information content (AvgIpc) is 2.15. The number of piperidine rings is 1. The second-order valence-electron chi connectivity index (χ2n) is 4.29. The fourth-order valence-electron chi connectivity index (χ4n) is 1.88. The highest BCUT2D eigenvalue weighted by molar-refractivity contribution is 7.84. The first-order valence-electron chi connectivity index (χ1n) is 5.39. The van der Waals surface area contributed by atoms with E-state index in [0.29, 0.717) is 12.1 Å². The maximum absolute atomic E-state index is 11.0. The molecular weight excluding hydrogens is 196 g/mol. The molecular formula is C10H22N2OS. The molecule has 3 nitrogen and oxygen atoms in total. The van der Waals surface area contributed by atoms with Crippen LogP contribution in [0.1, 0.15) is 26.2 Å². The third-order valence-electron chi connectivity index (χ3n) is 3.02. The van der Waals surface area contributed by atoms with Gasteiger partial charge in [-0.1, -0.05) is 0 Å². The molecule has 1 fully saturated rings. The first kappa shape index (κ1) is 12.1. The van der Waals surface area contributed by atoms with Gasteiger partial charge in [0.1, 0.15) is 0 Å². The van der Waals surface area contributed by atoms with Gasteiger partial charge in [0.15, 0.2) is 0 Å². The molecule has 84 valence electrons. The molecule has 1 saturated heterocycles. The Morgan fingerprint density at radius 1 is 1.50 bits per heavy atom. The maximum Gasteiger partial charge on any atom is 0.0246 e. The van der Waals surface area contributed by atoms with Gasteiger partial charge in [0.2, 0.25) is 0 Å². The van der Waals surface area contributed by atoms with Crippen LogP contribution in [0.5, 0.6) is 0 Å². The van der Waals surface area contributed by atoms with E-state index in [1.807, 2.05) is 0 Å². The SMILES string of the molecule is CC(CCS(C)=O)N1CCC(N)CC1. The van der Waals surface area contributed by atoms with Crippen LogP contribution in [0.25, 0.3) is 0 Å². The third-order valence-corrected chi connectivity index (χ3v) is 3.83. The van der Waals surface area contributed by atoms with Gasteiger partial charge in [0, 0.05) is 34.9 Å². The molecule has 0 spiro atoms. The van der Waals surface area contributed by atoms with Crippen LogP contribution < -0.4 is 5.73 Å². The van der Waals surface area contributed by atoms with E-state index in [1.165, 1.54) is 0 Å². The van der Waals surface area contributed by atoms with Crippen LogP contribution in [-0.4, -0.2) is 46.3 Å². The van der Waals surface area contributed by atoms with Crippen molar-refractivity contribution >= 4 is 10.8 Å². The maximum atomic E-state index is 11.0. The van der Waals surface area contributed by atoms with E-state index < -0.39 is 10.8 Å². The molecule has 2 atom stereocenters. The summed E-state index contributed by atoms with van der Waals surface area (Å²) in [5.41, 5.74) is 5.84. The average molecular weight is 218 g/mol. The van der Waals surface area contributed by atoms with E-state index >= 15 is 0 Å². The van der Waals surface area contributed by atoms with Crippen LogP contribution in [-0.2, 0) is 10.8 Å². The Bertz CT molecular complexity index is 191. The highest BCUT2D eigenvalue weighted by Gasteiger charge is 2.20. The van der Waals surface area contributed by atoms with E-state index in [2.05, 4.69) is 11.8 Å². The molecule has 1 aliphatic rings. The fourth-order valence-corrected chi connectivity index (χ4v) is 2.55. The molecule has 2 N–H and O–H groups in total. The van der Waals surface area contributed by atoms with Gasteiger partial charge < -0.3 is 10.6 Å². The summed E-state index contributed by atoms with van der Waals surface area (Å²) >= 11 is 0. The summed E-state index contributed by atoms with van der Waals surface area (Å²) in [5, 5.41) is 0. The minimum atomic E-state index is -0.649. The van der Waals surface area contributed by atoms with Crippen molar-refractivity contribution in [3.05, 3.63) is 0 Å². The van der Waals surface area contributed by atoms with Crippen LogP contribution in [0.4, 0.5) is 0 Å². The van der Waals surface area contributed by atoms with Gasteiger partial charge >= 0.3 is 0 Å². The fraction of sp³-hybridized carbons (Fsp3) is 1.00. The lowest BCUT2D eigenvalue weighted by atomic mass is 10.0. The Morgan fingerprint density at radius 3 is 2.57 bits per heavy atom. The van der Waals surface area contributed by atoms with E-state index in [0.717, 1.165) is 38.1 Å². The van der Waals surface area contributed by atoms with Gasteiger partial charge in [-0.3, -0.25) is 4.21 Å². The van der Waals surface area contributed by atoms with Gasteiger partial charge in [-0.25, -0.2) is 0 Å². The third kappa shape index (κ3) is 4.07. The molecule has 0 aromatic rings. The van der Waals surface area contributed by atoms with E-state index in [-0.39, 0.29) is 0 Å². The second kappa shape index (κ2) is 5.83.